The average Bonchev–Trinajstić information content (AvgIpc) is 2.88. The first-order valence-electron chi connectivity index (χ1n) is 12.1. The molecule has 3 rings (SSSR count). The molecule has 0 fully saturated rings. The number of nitrogens with zero attached hydrogens (tertiary/aromatic N) is 2. The van der Waals surface area contributed by atoms with Crippen molar-refractivity contribution in [3.8, 4) is 0 Å². The minimum atomic E-state index is -4.17. The van der Waals surface area contributed by atoms with E-state index in [2.05, 4.69) is 5.32 Å². The third-order valence-corrected chi connectivity index (χ3v) is 8.53. The van der Waals surface area contributed by atoms with Gasteiger partial charge in [-0.25, -0.2) is 8.42 Å². The highest BCUT2D eigenvalue weighted by atomic mass is 35.5. The lowest BCUT2D eigenvalue weighted by Crippen LogP contribution is -2.52. The fourth-order valence-corrected chi connectivity index (χ4v) is 5.57. The molecule has 0 aliphatic heterocycles. The van der Waals surface area contributed by atoms with E-state index < -0.39 is 28.5 Å². The highest BCUT2D eigenvalue weighted by molar-refractivity contribution is 7.92. The molecule has 2 amide bonds. The van der Waals surface area contributed by atoms with Crippen LogP contribution in [0.2, 0.25) is 10.0 Å². The predicted molar refractivity (Wildman–Crippen MR) is 152 cm³/mol. The van der Waals surface area contributed by atoms with Gasteiger partial charge in [-0.15, -0.1) is 0 Å². The van der Waals surface area contributed by atoms with E-state index in [0.29, 0.717) is 0 Å². The zero-order chi connectivity index (χ0) is 28.0. The van der Waals surface area contributed by atoms with Gasteiger partial charge in [0.25, 0.3) is 10.0 Å². The molecular formula is C28H31Cl2N3O4S. The number of amides is 2. The van der Waals surface area contributed by atoms with Crippen LogP contribution in [-0.4, -0.2) is 43.8 Å². The summed E-state index contributed by atoms with van der Waals surface area (Å²) in [7, 11) is -4.17. The number of halogens is 2. The fourth-order valence-electron chi connectivity index (χ4n) is 3.85. The Bertz CT molecular complexity index is 1400. The van der Waals surface area contributed by atoms with Crippen LogP contribution in [0.4, 0.5) is 5.69 Å². The lowest BCUT2D eigenvalue weighted by Gasteiger charge is -2.32. The summed E-state index contributed by atoms with van der Waals surface area (Å²) in [6.45, 7) is 6.77. The van der Waals surface area contributed by atoms with Gasteiger partial charge in [-0.1, -0.05) is 65.7 Å². The van der Waals surface area contributed by atoms with Gasteiger partial charge in [0.2, 0.25) is 11.8 Å². The highest BCUT2D eigenvalue weighted by Crippen LogP contribution is 2.31. The molecule has 1 N–H and O–H groups in total. The van der Waals surface area contributed by atoms with Crippen molar-refractivity contribution in [1.82, 2.24) is 10.2 Å². The first kappa shape index (κ1) is 29.5. The Kier molecular flexibility index (Phi) is 9.82. The summed E-state index contributed by atoms with van der Waals surface area (Å²) in [5.74, 6) is -0.890. The molecule has 0 aliphatic carbocycles. The monoisotopic (exact) mass is 575 g/mol. The number of carbonyl (C=O) groups excluding carboxylic acids is 2. The molecular weight excluding hydrogens is 545 g/mol. The molecule has 202 valence electrons. The van der Waals surface area contributed by atoms with Gasteiger partial charge in [-0.05, 0) is 69.2 Å². The molecule has 0 aromatic heterocycles. The lowest BCUT2D eigenvalue weighted by atomic mass is 10.1. The van der Waals surface area contributed by atoms with Gasteiger partial charge < -0.3 is 10.2 Å². The van der Waals surface area contributed by atoms with Crippen LogP contribution in [0, 0.1) is 6.92 Å². The first-order chi connectivity index (χ1) is 17.9. The van der Waals surface area contributed by atoms with Crippen LogP contribution >= 0.6 is 23.2 Å². The second-order valence-corrected chi connectivity index (χ2v) is 11.9. The van der Waals surface area contributed by atoms with Crippen molar-refractivity contribution >= 4 is 50.7 Å². The summed E-state index contributed by atoms with van der Waals surface area (Å²) in [6.07, 6.45) is 0. The minimum Gasteiger partial charge on any atom is -0.352 e. The van der Waals surface area contributed by atoms with Crippen LogP contribution in [0.5, 0.6) is 0 Å². The average molecular weight is 577 g/mol. The van der Waals surface area contributed by atoms with Gasteiger partial charge in [-0.3, -0.25) is 13.9 Å². The second kappa shape index (κ2) is 12.7. The smallest absolute Gasteiger partial charge is 0.264 e. The van der Waals surface area contributed by atoms with Crippen molar-refractivity contribution in [2.45, 2.75) is 51.2 Å². The van der Waals surface area contributed by atoms with Gasteiger partial charge in [0, 0.05) is 12.6 Å². The van der Waals surface area contributed by atoms with E-state index in [1.165, 1.54) is 35.2 Å². The molecule has 0 unspecified atom stereocenters. The number of benzene rings is 3. The summed E-state index contributed by atoms with van der Waals surface area (Å²) in [4.78, 5) is 28.2. The fraction of sp³-hybridized carbons (Fsp3) is 0.286. The van der Waals surface area contributed by atoms with E-state index in [-0.39, 0.29) is 39.1 Å². The van der Waals surface area contributed by atoms with Crippen LogP contribution in [0.3, 0.4) is 0 Å². The van der Waals surface area contributed by atoms with Gasteiger partial charge in [-0.2, -0.15) is 0 Å². The van der Waals surface area contributed by atoms with Crippen LogP contribution < -0.4 is 9.62 Å². The number of carbonyl (C=O) groups is 2. The summed E-state index contributed by atoms with van der Waals surface area (Å²) in [5, 5.41) is 3.23. The number of hydrogen-bond acceptors (Lipinski definition) is 4. The van der Waals surface area contributed by atoms with E-state index in [0.717, 1.165) is 15.4 Å². The summed E-state index contributed by atoms with van der Waals surface area (Å²) >= 11 is 12.3. The molecule has 1 atom stereocenters. The lowest BCUT2D eigenvalue weighted by molar-refractivity contribution is -0.139. The maximum absolute atomic E-state index is 13.9. The summed E-state index contributed by atoms with van der Waals surface area (Å²) < 4.78 is 28.5. The second-order valence-electron chi connectivity index (χ2n) is 9.21. The molecule has 7 nitrogen and oxygen atoms in total. The van der Waals surface area contributed by atoms with Gasteiger partial charge >= 0.3 is 0 Å². The van der Waals surface area contributed by atoms with E-state index in [1.807, 2.05) is 45.0 Å². The van der Waals surface area contributed by atoms with Crippen molar-refractivity contribution < 1.29 is 18.0 Å². The molecule has 10 heteroatoms. The topological polar surface area (TPSA) is 86.8 Å². The Balaban J connectivity index is 2.06. The molecule has 3 aromatic rings. The predicted octanol–water partition coefficient (Wildman–Crippen LogP) is 5.44. The molecule has 0 heterocycles. The normalized spacial score (nSPS) is 12.2. The SMILES string of the molecule is Cc1ccccc1CN(C(=O)CN(c1ccc(Cl)c(Cl)c1)S(=O)(=O)c1ccccc1)[C@H](C)C(=O)NC(C)C. The number of nitrogens with one attached hydrogen (secondary N) is 1. The number of hydrogen-bond donors (Lipinski definition) is 1. The number of rotatable bonds is 10. The van der Waals surface area contributed by atoms with Gasteiger partial charge in [0.05, 0.1) is 20.6 Å². The zero-order valence-electron chi connectivity index (χ0n) is 21.7. The maximum atomic E-state index is 13.9. The van der Waals surface area contributed by atoms with Crippen molar-refractivity contribution in [2.24, 2.45) is 0 Å². The van der Waals surface area contributed by atoms with E-state index in [1.54, 1.807) is 25.1 Å². The van der Waals surface area contributed by atoms with E-state index in [4.69, 9.17) is 23.2 Å². The van der Waals surface area contributed by atoms with Crippen molar-refractivity contribution in [2.75, 3.05) is 10.8 Å². The third kappa shape index (κ3) is 7.07. The molecule has 38 heavy (non-hydrogen) atoms. The molecule has 0 radical (unpaired) electrons. The molecule has 0 spiro atoms. The van der Waals surface area contributed by atoms with E-state index in [9.17, 15) is 18.0 Å². The van der Waals surface area contributed by atoms with Crippen molar-refractivity contribution in [3.05, 3.63) is 94.0 Å². The molecule has 0 bridgehead atoms. The Morgan fingerprint density at radius 1 is 0.895 bits per heavy atom. The zero-order valence-corrected chi connectivity index (χ0v) is 24.0. The Labute approximate surface area is 234 Å². The minimum absolute atomic E-state index is 0.00919. The highest BCUT2D eigenvalue weighted by Gasteiger charge is 2.33. The Morgan fingerprint density at radius 2 is 1.53 bits per heavy atom. The number of aryl methyl sites for hydroxylation is 1. The Morgan fingerprint density at radius 3 is 2.13 bits per heavy atom. The van der Waals surface area contributed by atoms with Gasteiger partial charge in [0.1, 0.15) is 12.6 Å². The molecule has 0 saturated heterocycles. The van der Waals surface area contributed by atoms with Crippen molar-refractivity contribution in [1.29, 1.82) is 0 Å². The van der Waals surface area contributed by atoms with Crippen LogP contribution in [0.1, 0.15) is 31.9 Å². The Hall–Kier alpha value is -3.07. The van der Waals surface area contributed by atoms with Crippen LogP contribution in [0.15, 0.2) is 77.7 Å². The summed E-state index contributed by atoms with van der Waals surface area (Å²) in [6, 6.07) is 18.7. The summed E-state index contributed by atoms with van der Waals surface area (Å²) in [5.41, 5.74) is 1.96. The first-order valence-corrected chi connectivity index (χ1v) is 14.3. The molecule has 3 aromatic carbocycles. The standard InChI is InChI=1S/C28H31Cl2N3O4S/c1-19(2)31-28(35)21(4)32(17-22-11-9-8-10-20(22)3)27(34)18-33(23-14-15-25(29)26(30)16-23)38(36,37)24-12-6-5-7-13-24/h5-16,19,21H,17-18H2,1-4H3,(H,31,35)/t21-/m1/s1. The maximum Gasteiger partial charge on any atom is 0.264 e. The number of anilines is 1. The quantitative estimate of drug-likeness (QED) is 0.348. The number of sulfonamides is 1. The largest absolute Gasteiger partial charge is 0.352 e. The third-order valence-electron chi connectivity index (χ3n) is 6.00. The van der Waals surface area contributed by atoms with E-state index >= 15 is 0 Å². The molecule has 0 aliphatic rings. The van der Waals surface area contributed by atoms with Gasteiger partial charge in [0.15, 0.2) is 0 Å². The van der Waals surface area contributed by atoms with Crippen LogP contribution in [0.25, 0.3) is 0 Å². The molecule has 0 saturated carbocycles. The van der Waals surface area contributed by atoms with Crippen molar-refractivity contribution in [3.63, 3.8) is 0 Å². The van der Waals surface area contributed by atoms with Crippen LogP contribution in [-0.2, 0) is 26.2 Å².